The molecule has 0 radical (unpaired) electrons. The van der Waals surface area contributed by atoms with Crippen molar-refractivity contribution in [3.8, 4) is 0 Å². The highest BCUT2D eigenvalue weighted by atomic mass is 16.6. The Labute approximate surface area is 162 Å². The fraction of sp³-hybridized carbons (Fsp3) is 0.300. The second-order valence-corrected chi connectivity index (χ2v) is 6.46. The van der Waals surface area contributed by atoms with Crippen LogP contribution < -0.4 is 11.1 Å². The molecule has 0 aromatic heterocycles. The molecule has 2 atom stereocenters. The molecular formula is C20H23N3O5. The third-order valence-corrected chi connectivity index (χ3v) is 4.48. The molecule has 0 bridgehead atoms. The molecule has 2 aromatic rings. The van der Waals surface area contributed by atoms with Crippen LogP contribution in [-0.4, -0.2) is 22.9 Å². The maximum absolute atomic E-state index is 12.5. The van der Waals surface area contributed by atoms with Crippen LogP contribution >= 0.6 is 0 Å². The highest BCUT2D eigenvalue weighted by molar-refractivity contribution is 5.98. The number of amides is 1. The molecule has 0 spiro atoms. The van der Waals surface area contributed by atoms with Crippen molar-refractivity contribution in [3.05, 3.63) is 63.7 Å². The van der Waals surface area contributed by atoms with Gasteiger partial charge in [0.15, 0.2) is 6.10 Å². The first-order chi connectivity index (χ1) is 13.2. The van der Waals surface area contributed by atoms with E-state index < -0.39 is 28.6 Å². The average Bonchev–Trinajstić information content (AvgIpc) is 2.67. The normalized spacial score (nSPS) is 12.7. The average molecular weight is 385 g/mol. The summed E-state index contributed by atoms with van der Waals surface area (Å²) >= 11 is 0. The van der Waals surface area contributed by atoms with Gasteiger partial charge in [-0.15, -0.1) is 0 Å². The van der Waals surface area contributed by atoms with Crippen LogP contribution in [0.25, 0.3) is 0 Å². The monoisotopic (exact) mass is 385 g/mol. The lowest BCUT2D eigenvalue weighted by Crippen LogP contribution is -2.30. The maximum atomic E-state index is 12.5. The molecule has 0 aliphatic heterocycles. The van der Waals surface area contributed by atoms with Crippen molar-refractivity contribution in [1.29, 1.82) is 0 Å². The van der Waals surface area contributed by atoms with E-state index in [0.717, 1.165) is 18.1 Å². The number of nitrogens with two attached hydrogens (primary N) is 1. The Bertz CT molecular complexity index is 897. The number of para-hydroxylation sites is 1. The molecular weight excluding hydrogens is 362 g/mol. The van der Waals surface area contributed by atoms with Crippen LogP contribution in [0.4, 0.5) is 17.1 Å². The van der Waals surface area contributed by atoms with Gasteiger partial charge in [-0.2, -0.15) is 0 Å². The smallest absolute Gasteiger partial charge is 0.339 e. The molecule has 3 N–H and O–H groups in total. The summed E-state index contributed by atoms with van der Waals surface area (Å²) in [4.78, 5) is 35.0. The Morgan fingerprint density at radius 2 is 1.89 bits per heavy atom. The lowest BCUT2D eigenvalue weighted by Gasteiger charge is -2.18. The van der Waals surface area contributed by atoms with Crippen LogP contribution in [0.1, 0.15) is 49.0 Å². The van der Waals surface area contributed by atoms with Crippen LogP contribution in [0, 0.1) is 10.1 Å². The van der Waals surface area contributed by atoms with E-state index in [-0.39, 0.29) is 17.2 Å². The number of rotatable bonds is 7. The Morgan fingerprint density at radius 3 is 2.54 bits per heavy atom. The third-order valence-electron chi connectivity index (χ3n) is 4.48. The van der Waals surface area contributed by atoms with Crippen molar-refractivity contribution in [2.45, 2.75) is 39.2 Å². The number of nitrogen functional groups attached to an aromatic ring is 1. The number of hydrogen-bond acceptors (Lipinski definition) is 6. The molecule has 8 nitrogen and oxygen atoms in total. The fourth-order valence-corrected chi connectivity index (χ4v) is 2.61. The molecule has 0 aliphatic carbocycles. The van der Waals surface area contributed by atoms with Crippen molar-refractivity contribution in [3.63, 3.8) is 0 Å². The van der Waals surface area contributed by atoms with Gasteiger partial charge in [-0.3, -0.25) is 14.9 Å². The van der Waals surface area contributed by atoms with E-state index in [2.05, 4.69) is 19.2 Å². The number of esters is 1. The van der Waals surface area contributed by atoms with Gasteiger partial charge in [0.05, 0.1) is 10.5 Å². The molecule has 1 amide bonds. The number of hydrogen-bond donors (Lipinski definition) is 2. The van der Waals surface area contributed by atoms with Gasteiger partial charge in [0.1, 0.15) is 5.69 Å². The number of anilines is 2. The van der Waals surface area contributed by atoms with Crippen molar-refractivity contribution in [2.24, 2.45) is 0 Å². The maximum Gasteiger partial charge on any atom is 0.339 e. The number of carbonyl (C=O) groups is 2. The quantitative estimate of drug-likeness (QED) is 0.322. The highest BCUT2D eigenvalue weighted by Crippen LogP contribution is 2.27. The van der Waals surface area contributed by atoms with Crippen LogP contribution in [0.2, 0.25) is 0 Å². The van der Waals surface area contributed by atoms with Gasteiger partial charge >= 0.3 is 5.97 Å². The van der Waals surface area contributed by atoms with Crippen LogP contribution in [-0.2, 0) is 9.53 Å². The van der Waals surface area contributed by atoms with Gasteiger partial charge < -0.3 is 15.8 Å². The van der Waals surface area contributed by atoms with Crippen LogP contribution in [0.3, 0.4) is 0 Å². The van der Waals surface area contributed by atoms with E-state index in [1.807, 2.05) is 18.2 Å². The molecule has 0 unspecified atom stereocenters. The van der Waals surface area contributed by atoms with E-state index in [9.17, 15) is 19.7 Å². The van der Waals surface area contributed by atoms with Gasteiger partial charge in [0, 0.05) is 11.8 Å². The second kappa shape index (κ2) is 8.98. The number of nitrogens with zero attached hydrogens (tertiary/aromatic N) is 1. The molecule has 0 fully saturated rings. The Balaban J connectivity index is 2.10. The summed E-state index contributed by atoms with van der Waals surface area (Å²) in [5.41, 5.74) is 6.66. The molecule has 28 heavy (non-hydrogen) atoms. The number of ether oxygens (including phenoxy) is 1. The minimum atomic E-state index is -1.09. The largest absolute Gasteiger partial charge is 0.449 e. The molecule has 8 heteroatoms. The van der Waals surface area contributed by atoms with Crippen molar-refractivity contribution in [1.82, 2.24) is 0 Å². The molecule has 148 valence electrons. The molecule has 2 aromatic carbocycles. The highest BCUT2D eigenvalue weighted by Gasteiger charge is 2.22. The minimum Gasteiger partial charge on any atom is -0.449 e. The Hall–Kier alpha value is -3.42. The van der Waals surface area contributed by atoms with Crippen molar-refractivity contribution < 1.29 is 19.2 Å². The fourth-order valence-electron chi connectivity index (χ4n) is 2.61. The zero-order valence-electron chi connectivity index (χ0n) is 16.0. The van der Waals surface area contributed by atoms with Crippen molar-refractivity contribution >= 4 is 28.9 Å². The Morgan fingerprint density at radius 1 is 1.21 bits per heavy atom. The SMILES string of the molecule is CC[C@@H](C)c1ccccc1NC(=O)[C@@H](C)OC(=O)c1ccc(N)c([N+](=O)[O-])c1. The van der Waals surface area contributed by atoms with Gasteiger partial charge in [-0.05, 0) is 43.0 Å². The summed E-state index contributed by atoms with van der Waals surface area (Å²) in [5, 5.41) is 13.7. The third kappa shape index (κ3) is 4.85. The van der Waals surface area contributed by atoms with E-state index >= 15 is 0 Å². The summed E-state index contributed by atoms with van der Waals surface area (Å²) < 4.78 is 5.16. The summed E-state index contributed by atoms with van der Waals surface area (Å²) in [6.45, 7) is 5.55. The van der Waals surface area contributed by atoms with Gasteiger partial charge in [0.2, 0.25) is 0 Å². The first-order valence-corrected chi connectivity index (χ1v) is 8.89. The first-order valence-electron chi connectivity index (χ1n) is 8.89. The Kier molecular flexibility index (Phi) is 6.70. The molecule has 2 rings (SSSR count). The number of nitrogens with one attached hydrogen (secondary N) is 1. The van der Waals surface area contributed by atoms with Gasteiger partial charge in [0.25, 0.3) is 11.6 Å². The lowest BCUT2D eigenvalue weighted by molar-refractivity contribution is -0.383. The lowest BCUT2D eigenvalue weighted by atomic mass is 9.97. The number of nitro groups is 1. The van der Waals surface area contributed by atoms with Crippen molar-refractivity contribution in [2.75, 3.05) is 11.1 Å². The van der Waals surface area contributed by atoms with Crippen LogP contribution in [0.15, 0.2) is 42.5 Å². The van der Waals surface area contributed by atoms with E-state index in [0.29, 0.717) is 5.69 Å². The summed E-state index contributed by atoms with van der Waals surface area (Å²) in [6.07, 6.45) is -0.179. The standard InChI is InChI=1S/C20H23N3O5/c1-4-12(2)15-7-5-6-8-17(15)22-19(24)13(3)28-20(25)14-9-10-16(21)18(11-14)23(26)27/h5-13H,4,21H2,1-3H3,(H,22,24)/t12-,13-/m1/s1. The molecule has 0 saturated heterocycles. The second-order valence-electron chi connectivity index (χ2n) is 6.46. The zero-order valence-corrected chi connectivity index (χ0v) is 16.0. The number of nitro benzene ring substituents is 1. The zero-order chi connectivity index (χ0) is 20.8. The minimum absolute atomic E-state index is 0.0550. The molecule has 0 aliphatic rings. The van der Waals surface area contributed by atoms with E-state index in [4.69, 9.17) is 10.5 Å². The predicted octanol–water partition coefficient (Wildman–Crippen LogP) is 3.87. The van der Waals surface area contributed by atoms with E-state index in [1.54, 1.807) is 6.07 Å². The summed E-state index contributed by atoms with van der Waals surface area (Å²) in [6, 6.07) is 11.0. The van der Waals surface area contributed by atoms with Gasteiger partial charge in [-0.25, -0.2) is 4.79 Å². The summed E-state index contributed by atoms with van der Waals surface area (Å²) in [5.74, 6) is -1.08. The van der Waals surface area contributed by atoms with Crippen LogP contribution in [0.5, 0.6) is 0 Å². The topological polar surface area (TPSA) is 125 Å². The summed E-state index contributed by atoms with van der Waals surface area (Å²) in [7, 11) is 0. The number of benzene rings is 2. The van der Waals surface area contributed by atoms with Gasteiger partial charge in [-0.1, -0.05) is 32.0 Å². The number of carbonyl (C=O) groups excluding carboxylic acids is 2. The first kappa shape index (κ1) is 20.9. The molecule has 0 saturated carbocycles. The van der Waals surface area contributed by atoms with E-state index in [1.165, 1.54) is 19.1 Å². The molecule has 0 heterocycles. The predicted molar refractivity (Wildman–Crippen MR) is 106 cm³/mol.